The van der Waals surface area contributed by atoms with Crippen molar-refractivity contribution in [1.29, 1.82) is 0 Å². The Morgan fingerprint density at radius 2 is 0.329 bits per heavy atom. The monoisotopic (exact) mass is 1000 g/mol. The molecule has 25 heteroatoms. The van der Waals surface area contributed by atoms with Crippen LogP contribution in [0.3, 0.4) is 0 Å². The smallest absolute Gasteiger partial charge is 0.225 e. The molecule has 0 aliphatic heterocycles. The zero-order valence-corrected chi connectivity index (χ0v) is 39.6. The molecule has 5 aromatic heterocycles. The molecule has 0 saturated carbocycles. The van der Waals surface area contributed by atoms with E-state index < -0.39 is 0 Å². The normalized spacial score (nSPS) is 11.2. The van der Waals surface area contributed by atoms with Gasteiger partial charge in [-0.1, -0.05) is 121 Å². The van der Waals surface area contributed by atoms with E-state index in [2.05, 4.69) is 80.8 Å². The van der Waals surface area contributed by atoms with Gasteiger partial charge in [0.2, 0.25) is 59.5 Å². The van der Waals surface area contributed by atoms with E-state index in [0.717, 1.165) is 55.6 Å². The van der Waals surface area contributed by atoms with E-state index in [1.807, 2.05) is 121 Å². The molecule has 11 rings (SSSR count). The van der Waals surface area contributed by atoms with Gasteiger partial charge in [-0.05, 0) is 61.7 Å². The number of aromatic nitrogens is 15. The summed E-state index contributed by atoms with van der Waals surface area (Å²) in [4.78, 5) is 63.4. The summed E-state index contributed by atoms with van der Waals surface area (Å²) < 4.78 is 0. The van der Waals surface area contributed by atoms with Gasteiger partial charge in [-0.15, -0.1) is 0 Å². The van der Waals surface area contributed by atoms with E-state index in [0.29, 0.717) is 56.9 Å². The molecule has 0 spiro atoms. The average molecular weight is 1000 g/mol. The molecule has 25 nitrogen and oxygen atoms in total. The van der Waals surface area contributed by atoms with Crippen LogP contribution in [-0.2, 0) is 0 Å². The maximum absolute atomic E-state index is 6.04. The van der Waals surface area contributed by atoms with Crippen LogP contribution in [0.15, 0.2) is 127 Å². The highest BCUT2D eigenvalue weighted by atomic mass is 15.2. The summed E-state index contributed by atoms with van der Waals surface area (Å²) >= 11 is 0. The van der Waals surface area contributed by atoms with Crippen molar-refractivity contribution >= 4 is 59.5 Å². The Hall–Kier alpha value is -11.6. The second-order valence-corrected chi connectivity index (χ2v) is 16.9. The van der Waals surface area contributed by atoms with Crippen LogP contribution >= 0.6 is 0 Å². The topological polar surface area (TPSA) is 454 Å². The number of nitrogens with two attached hydrogens (primary N) is 10. The average Bonchev–Trinajstić information content (AvgIpc) is 3.40. The molecule has 0 aliphatic rings. The molecule has 0 fully saturated rings. The Balaban J connectivity index is 1.22. The first-order chi connectivity index (χ1) is 36.7. The third-order valence-electron chi connectivity index (χ3n) is 11.9. The molecule has 0 radical (unpaired) electrons. The van der Waals surface area contributed by atoms with E-state index in [-0.39, 0.29) is 59.5 Å². The first-order valence-electron chi connectivity index (χ1n) is 22.8. The number of nitrogen functional groups attached to an aromatic ring is 10. The number of rotatable bonds is 10. The Bertz CT molecular complexity index is 3710. The van der Waals surface area contributed by atoms with Gasteiger partial charge in [-0.25, -0.2) is 0 Å². The number of hydrogen-bond donors (Lipinski definition) is 10. The molecule has 0 unspecified atom stereocenters. The quantitative estimate of drug-likeness (QED) is 0.0851. The standard InChI is InChI=1S/C51H41N25/c52-42-62-37(63-43(53)72-42)27-11-1-22(2-12-27)32-21-33(23-3-13-28(14-4-23)38-64-44(54)73-45(55)65-38)35(25-7-17-30(18-8-25)40-68-48(58)75-49(59)69-40)36(26-9-19-31(20-10-26)41-70-50(60)76-51(61)71-41)34(32)24-5-15-29(16-6-24)39-66-46(56)74-47(57)67-39/h1-21H,(H4,52,53,62,63,72)(H4,54,55,64,65,73)(H4,56,57,66,67,74)(H4,58,59,68,69,75)(H4,60,61,70,71,76). The molecular formula is C51H41N25. The highest BCUT2D eigenvalue weighted by Crippen LogP contribution is 2.51. The summed E-state index contributed by atoms with van der Waals surface area (Å²) in [7, 11) is 0. The van der Waals surface area contributed by atoms with E-state index in [9.17, 15) is 0 Å². The van der Waals surface area contributed by atoms with E-state index in [4.69, 9.17) is 57.3 Å². The van der Waals surface area contributed by atoms with Crippen molar-refractivity contribution in [1.82, 2.24) is 74.8 Å². The third kappa shape index (κ3) is 9.37. The lowest BCUT2D eigenvalue weighted by Crippen LogP contribution is -2.04. The summed E-state index contributed by atoms with van der Waals surface area (Å²) in [6.45, 7) is 0. The summed E-state index contributed by atoms with van der Waals surface area (Å²) in [6.07, 6.45) is 0. The van der Waals surface area contributed by atoms with E-state index in [1.165, 1.54) is 0 Å². The first-order valence-corrected chi connectivity index (χ1v) is 22.8. The summed E-state index contributed by atoms with van der Waals surface area (Å²) in [6, 6.07) is 40.8. The lowest BCUT2D eigenvalue weighted by Gasteiger charge is -2.25. The number of hydrogen-bond acceptors (Lipinski definition) is 25. The minimum atomic E-state index is -0.0210. The van der Waals surface area contributed by atoms with Crippen molar-refractivity contribution in [3.05, 3.63) is 127 Å². The van der Waals surface area contributed by atoms with Gasteiger partial charge in [-0.3, -0.25) is 0 Å². The molecule has 6 aromatic carbocycles. The number of nitrogens with zero attached hydrogens (tertiary/aromatic N) is 15. The SMILES string of the molecule is Nc1nc(N)nc(-c2ccc(-c3cc(-c4ccc(-c5nc(N)nc(N)n5)cc4)c(-c4ccc(-c5nc(N)nc(N)n5)cc4)c(-c4ccc(-c5nc(N)nc(N)n5)cc4)c3-c3ccc(-c4nc(N)nc(N)n4)cc3)cc2)n1. The zero-order chi connectivity index (χ0) is 52.8. The van der Waals surface area contributed by atoms with Crippen molar-refractivity contribution < 1.29 is 0 Å². The van der Waals surface area contributed by atoms with Crippen molar-refractivity contribution in [2.24, 2.45) is 0 Å². The fourth-order valence-electron chi connectivity index (χ4n) is 8.67. The lowest BCUT2D eigenvalue weighted by atomic mass is 9.78. The van der Waals surface area contributed by atoms with Crippen LogP contribution in [0.2, 0.25) is 0 Å². The molecular weight excluding hydrogens is 963 g/mol. The van der Waals surface area contributed by atoms with Crippen LogP contribution in [0.4, 0.5) is 59.5 Å². The molecule has 5 heterocycles. The van der Waals surface area contributed by atoms with Gasteiger partial charge < -0.3 is 57.3 Å². The third-order valence-corrected chi connectivity index (χ3v) is 11.9. The van der Waals surface area contributed by atoms with Gasteiger partial charge in [0.25, 0.3) is 0 Å². The molecule has 76 heavy (non-hydrogen) atoms. The second kappa shape index (κ2) is 18.8. The molecule has 0 bridgehead atoms. The highest BCUT2D eigenvalue weighted by Gasteiger charge is 2.25. The van der Waals surface area contributed by atoms with Crippen LogP contribution in [0.25, 0.3) is 113 Å². The molecule has 0 saturated heterocycles. The van der Waals surface area contributed by atoms with Crippen molar-refractivity contribution in [3.8, 4) is 113 Å². The van der Waals surface area contributed by atoms with E-state index in [1.54, 1.807) is 0 Å². The minimum Gasteiger partial charge on any atom is -0.368 e. The first kappa shape index (κ1) is 46.7. The fraction of sp³-hybridized carbons (Fsp3) is 0. The zero-order valence-electron chi connectivity index (χ0n) is 39.6. The van der Waals surface area contributed by atoms with Crippen LogP contribution in [0, 0.1) is 0 Å². The lowest BCUT2D eigenvalue weighted by molar-refractivity contribution is 1.09. The maximum atomic E-state index is 6.04. The second-order valence-electron chi connectivity index (χ2n) is 16.9. The van der Waals surface area contributed by atoms with Crippen LogP contribution in [-0.4, -0.2) is 74.8 Å². The van der Waals surface area contributed by atoms with E-state index >= 15 is 0 Å². The predicted molar refractivity (Wildman–Crippen MR) is 292 cm³/mol. The van der Waals surface area contributed by atoms with Gasteiger partial charge in [0, 0.05) is 27.8 Å². The van der Waals surface area contributed by atoms with Crippen molar-refractivity contribution in [3.63, 3.8) is 0 Å². The van der Waals surface area contributed by atoms with Gasteiger partial charge in [0.15, 0.2) is 29.1 Å². The fourth-order valence-corrected chi connectivity index (χ4v) is 8.67. The Morgan fingerprint density at radius 1 is 0.171 bits per heavy atom. The van der Waals surface area contributed by atoms with Crippen LogP contribution in [0.1, 0.15) is 0 Å². The minimum absolute atomic E-state index is 0.0128. The molecule has 11 aromatic rings. The molecule has 20 N–H and O–H groups in total. The van der Waals surface area contributed by atoms with Gasteiger partial charge in [-0.2, -0.15) is 74.8 Å². The van der Waals surface area contributed by atoms with Crippen LogP contribution in [0.5, 0.6) is 0 Å². The highest BCUT2D eigenvalue weighted by molar-refractivity contribution is 6.08. The molecule has 0 aliphatic carbocycles. The molecule has 370 valence electrons. The maximum Gasteiger partial charge on any atom is 0.225 e. The predicted octanol–water partition coefficient (Wildman–Crippen LogP) is 5.10. The molecule has 0 atom stereocenters. The van der Waals surface area contributed by atoms with Crippen LogP contribution < -0.4 is 57.3 Å². The van der Waals surface area contributed by atoms with Crippen molar-refractivity contribution in [2.75, 3.05) is 57.3 Å². The largest absolute Gasteiger partial charge is 0.368 e. The Morgan fingerprint density at radius 3 is 0.526 bits per heavy atom. The summed E-state index contributed by atoms with van der Waals surface area (Å²) in [5.41, 5.74) is 71.5. The molecule has 0 amide bonds. The van der Waals surface area contributed by atoms with Gasteiger partial charge in [0.1, 0.15) is 0 Å². The summed E-state index contributed by atoms with van der Waals surface area (Å²) in [5.74, 6) is 1.33. The Labute approximate surface area is 430 Å². The Kier molecular flexibility index (Phi) is 11.6. The number of benzene rings is 6. The van der Waals surface area contributed by atoms with Gasteiger partial charge >= 0.3 is 0 Å². The van der Waals surface area contributed by atoms with Gasteiger partial charge in [0.05, 0.1) is 0 Å². The van der Waals surface area contributed by atoms with Crippen molar-refractivity contribution in [2.45, 2.75) is 0 Å². The summed E-state index contributed by atoms with van der Waals surface area (Å²) in [5, 5.41) is 0. The number of anilines is 10.